The second-order valence-corrected chi connectivity index (χ2v) is 3.64. The summed E-state index contributed by atoms with van der Waals surface area (Å²) in [5, 5.41) is 3.98. The van der Waals surface area contributed by atoms with Crippen molar-refractivity contribution in [3.8, 4) is 0 Å². The van der Waals surface area contributed by atoms with Gasteiger partial charge in [-0.1, -0.05) is 11.6 Å². The lowest BCUT2D eigenvalue weighted by molar-refractivity contribution is 0.760. The fourth-order valence-electron chi connectivity index (χ4n) is 1.41. The number of nitrogens with zero attached hydrogens (tertiary/aromatic N) is 1. The number of aromatic nitrogens is 2. The predicted molar refractivity (Wildman–Crippen MR) is 60.1 cm³/mol. The van der Waals surface area contributed by atoms with Crippen molar-refractivity contribution in [2.45, 2.75) is 6.54 Å². The number of hydrogen-bond donors (Lipinski definition) is 2. The second-order valence-electron chi connectivity index (χ2n) is 3.20. The number of H-pyrrole nitrogens is 1. The van der Waals surface area contributed by atoms with Crippen LogP contribution < -0.4 is 10.9 Å². The smallest absolute Gasteiger partial charge is 0.258 e. The molecule has 2 aromatic rings. The minimum atomic E-state index is -0.159. The van der Waals surface area contributed by atoms with Crippen molar-refractivity contribution < 1.29 is 0 Å². The number of halogens is 1. The van der Waals surface area contributed by atoms with Crippen LogP contribution in [0.1, 0.15) is 5.82 Å². The van der Waals surface area contributed by atoms with E-state index in [0.29, 0.717) is 28.3 Å². The monoisotopic (exact) mass is 223 g/mol. The van der Waals surface area contributed by atoms with E-state index in [-0.39, 0.29) is 5.56 Å². The van der Waals surface area contributed by atoms with Gasteiger partial charge in [0.15, 0.2) is 0 Å². The topological polar surface area (TPSA) is 57.8 Å². The molecule has 0 aliphatic heterocycles. The molecule has 2 rings (SSSR count). The molecule has 1 heterocycles. The zero-order chi connectivity index (χ0) is 10.8. The molecule has 0 bridgehead atoms. The SMILES string of the molecule is CNCc1nc2ccc(Cl)cc2c(=O)[nH]1. The zero-order valence-electron chi connectivity index (χ0n) is 8.17. The van der Waals surface area contributed by atoms with Crippen molar-refractivity contribution >= 4 is 22.5 Å². The summed E-state index contributed by atoms with van der Waals surface area (Å²) in [4.78, 5) is 18.6. The van der Waals surface area contributed by atoms with E-state index in [1.54, 1.807) is 25.2 Å². The molecule has 5 heteroatoms. The highest BCUT2D eigenvalue weighted by Crippen LogP contribution is 2.14. The standard InChI is InChI=1S/C10H10ClN3O/c1-12-5-9-13-8-3-2-6(11)4-7(8)10(15)14-9/h2-4,12H,5H2,1H3,(H,13,14,15). The maximum absolute atomic E-state index is 11.6. The van der Waals surface area contributed by atoms with E-state index < -0.39 is 0 Å². The molecule has 0 saturated heterocycles. The van der Waals surface area contributed by atoms with Gasteiger partial charge in [-0.2, -0.15) is 0 Å². The van der Waals surface area contributed by atoms with Crippen molar-refractivity contribution in [2.24, 2.45) is 0 Å². The largest absolute Gasteiger partial charge is 0.313 e. The van der Waals surface area contributed by atoms with Crippen LogP contribution in [0.25, 0.3) is 10.9 Å². The highest BCUT2D eigenvalue weighted by atomic mass is 35.5. The molecule has 0 amide bonds. The Morgan fingerprint density at radius 1 is 1.53 bits per heavy atom. The quantitative estimate of drug-likeness (QED) is 0.807. The molecule has 15 heavy (non-hydrogen) atoms. The molecule has 78 valence electrons. The van der Waals surface area contributed by atoms with Crippen LogP contribution in [-0.4, -0.2) is 17.0 Å². The van der Waals surface area contributed by atoms with E-state index in [1.807, 2.05) is 0 Å². The van der Waals surface area contributed by atoms with Crippen LogP contribution in [-0.2, 0) is 6.54 Å². The van der Waals surface area contributed by atoms with Crippen molar-refractivity contribution in [3.05, 3.63) is 39.4 Å². The minimum absolute atomic E-state index is 0.159. The van der Waals surface area contributed by atoms with Crippen LogP contribution in [0.3, 0.4) is 0 Å². The van der Waals surface area contributed by atoms with Crippen LogP contribution in [0.15, 0.2) is 23.0 Å². The number of hydrogen-bond acceptors (Lipinski definition) is 3. The molecule has 1 aromatic heterocycles. The fourth-order valence-corrected chi connectivity index (χ4v) is 1.58. The number of fused-ring (bicyclic) bond motifs is 1. The predicted octanol–water partition coefficient (Wildman–Crippen LogP) is 1.30. The summed E-state index contributed by atoms with van der Waals surface area (Å²) in [7, 11) is 1.80. The van der Waals surface area contributed by atoms with Crippen LogP contribution in [0.2, 0.25) is 5.02 Å². The number of aromatic amines is 1. The van der Waals surface area contributed by atoms with E-state index in [9.17, 15) is 4.79 Å². The van der Waals surface area contributed by atoms with Crippen LogP contribution in [0, 0.1) is 0 Å². The van der Waals surface area contributed by atoms with Gasteiger partial charge in [-0.25, -0.2) is 4.98 Å². The van der Waals surface area contributed by atoms with Gasteiger partial charge in [0, 0.05) is 5.02 Å². The molecular weight excluding hydrogens is 214 g/mol. The molecule has 0 aliphatic carbocycles. The van der Waals surface area contributed by atoms with Crippen LogP contribution in [0.4, 0.5) is 0 Å². The molecular formula is C10H10ClN3O. The molecule has 2 N–H and O–H groups in total. The third kappa shape index (κ3) is 2.00. The van der Waals surface area contributed by atoms with E-state index in [1.165, 1.54) is 0 Å². The molecule has 1 aromatic carbocycles. The Morgan fingerprint density at radius 3 is 3.07 bits per heavy atom. The minimum Gasteiger partial charge on any atom is -0.313 e. The van der Waals surface area contributed by atoms with Gasteiger partial charge in [0.25, 0.3) is 5.56 Å². The van der Waals surface area contributed by atoms with Gasteiger partial charge in [0.2, 0.25) is 0 Å². The van der Waals surface area contributed by atoms with Gasteiger partial charge >= 0.3 is 0 Å². The summed E-state index contributed by atoms with van der Waals surface area (Å²) in [5.74, 6) is 0.623. The average molecular weight is 224 g/mol. The molecule has 0 radical (unpaired) electrons. The lowest BCUT2D eigenvalue weighted by Crippen LogP contribution is -2.16. The van der Waals surface area contributed by atoms with E-state index in [2.05, 4.69) is 15.3 Å². The number of benzene rings is 1. The fraction of sp³-hybridized carbons (Fsp3) is 0.200. The summed E-state index contributed by atoms with van der Waals surface area (Å²) in [5.41, 5.74) is 0.501. The molecule has 0 fully saturated rings. The van der Waals surface area contributed by atoms with E-state index in [4.69, 9.17) is 11.6 Å². The highest BCUT2D eigenvalue weighted by molar-refractivity contribution is 6.31. The third-order valence-electron chi connectivity index (χ3n) is 2.06. The maximum atomic E-state index is 11.6. The first-order chi connectivity index (χ1) is 7.20. The molecule has 0 unspecified atom stereocenters. The van der Waals surface area contributed by atoms with Gasteiger partial charge in [-0.05, 0) is 25.2 Å². The molecule has 4 nitrogen and oxygen atoms in total. The summed E-state index contributed by atoms with van der Waals surface area (Å²) in [6, 6.07) is 5.08. The Hall–Kier alpha value is -1.39. The number of rotatable bonds is 2. The molecule has 0 spiro atoms. The maximum Gasteiger partial charge on any atom is 0.258 e. The van der Waals surface area contributed by atoms with Gasteiger partial charge in [-0.3, -0.25) is 4.79 Å². The first kappa shape index (κ1) is 10.1. The van der Waals surface area contributed by atoms with Gasteiger partial charge in [0.05, 0.1) is 17.4 Å². The van der Waals surface area contributed by atoms with Gasteiger partial charge in [0.1, 0.15) is 5.82 Å². The van der Waals surface area contributed by atoms with E-state index >= 15 is 0 Å². The van der Waals surface area contributed by atoms with Crippen molar-refractivity contribution in [1.29, 1.82) is 0 Å². The normalized spacial score (nSPS) is 10.8. The zero-order valence-corrected chi connectivity index (χ0v) is 8.93. The summed E-state index contributed by atoms with van der Waals surface area (Å²) >= 11 is 5.80. The Labute approximate surface area is 91.3 Å². The van der Waals surface area contributed by atoms with E-state index in [0.717, 1.165) is 0 Å². The van der Waals surface area contributed by atoms with Gasteiger partial charge in [-0.15, -0.1) is 0 Å². The second kappa shape index (κ2) is 4.00. The van der Waals surface area contributed by atoms with Crippen molar-refractivity contribution in [3.63, 3.8) is 0 Å². The summed E-state index contributed by atoms with van der Waals surface area (Å²) in [6.07, 6.45) is 0. The molecule has 0 saturated carbocycles. The average Bonchev–Trinajstić information content (AvgIpc) is 2.20. The number of nitrogens with one attached hydrogen (secondary N) is 2. The first-order valence-electron chi connectivity index (χ1n) is 4.54. The van der Waals surface area contributed by atoms with Crippen LogP contribution >= 0.6 is 11.6 Å². The Bertz CT molecular complexity index is 550. The summed E-state index contributed by atoms with van der Waals surface area (Å²) < 4.78 is 0. The third-order valence-corrected chi connectivity index (χ3v) is 2.30. The van der Waals surface area contributed by atoms with Gasteiger partial charge < -0.3 is 10.3 Å². The summed E-state index contributed by atoms with van der Waals surface area (Å²) in [6.45, 7) is 0.536. The Kier molecular flexibility index (Phi) is 2.70. The lowest BCUT2D eigenvalue weighted by Gasteiger charge is -2.02. The molecule has 0 atom stereocenters. The Balaban J connectivity index is 2.67. The lowest BCUT2D eigenvalue weighted by atomic mass is 10.2. The molecule has 0 aliphatic rings. The Morgan fingerprint density at radius 2 is 2.33 bits per heavy atom. The van der Waals surface area contributed by atoms with Crippen LogP contribution in [0.5, 0.6) is 0 Å². The highest BCUT2D eigenvalue weighted by Gasteiger charge is 2.03. The van der Waals surface area contributed by atoms with Crippen molar-refractivity contribution in [2.75, 3.05) is 7.05 Å². The first-order valence-corrected chi connectivity index (χ1v) is 4.91. The van der Waals surface area contributed by atoms with Crippen molar-refractivity contribution in [1.82, 2.24) is 15.3 Å².